The highest BCUT2D eigenvalue weighted by molar-refractivity contribution is 6.31. The van der Waals surface area contributed by atoms with Crippen molar-refractivity contribution < 1.29 is 4.39 Å². The first-order valence-corrected chi connectivity index (χ1v) is 10.5. The summed E-state index contributed by atoms with van der Waals surface area (Å²) >= 11 is 5.94. The van der Waals surface area contributed by atoms with Crippen LogP contribution in [0.5, 0.6) is 0 Å². The van der Waals surface area contributed by atoms with Crippen LogP contribution in [0, 0.1) is 11.7 Å². The van der Waals surface area contributed by atoms with Crippen molar-refractivity contribution in [3.05, 3.63) is 65.6 Å². The molecule has 1 atom stereocenters. The molecule has 1 saturated carbocycles. The van der Waals surface area contributed by atoms with Crippen LogP contribution in [-0.2, 0) is 7.05 Å². The number of benzene rings is 1. The lowest BCUT2D eigenvalue weighted by atomic mass is 10.0. The molecule has 1 aliphatic rings. The van der Waals surface area contributed by atoms with Crippen molar-refractivity contribution in [2.24, 2.45) is 13.0 Å². The van der Waals surface area contributed by atoms with Crippen LogP contribution < -0.4 is 5.73 Å². The summed E-state index contributed by atoms with van der Waals surface area (Å²) in [6.45, 7) is 0. The Hall–Kier alpha value is -3.26. The number of nitrogens with two attached hydrogens (primary N) is 1. The molecular formula is C22H21ClFN7. The first kappa shape index (κ1) is 19.7. The van der Waals surface area contributed by atoms with Crippen LogP contribution in [0.3, 0.4) is 0 Å². The van der Waals surface area contributed by atoms with Gasteiger partial charge in [0.1, 0.15) is 0 Å². The van der Waals surface area contributed by atoms with E-state index in [4.69, 9.17) is 17.3 Å². The van der Waals surface area contributed by atoms with Crippen LogP contribution in [0.2, 0.25) is 5.02 Å². The fourth-order valence-corrected chi connectivity index (χ4v) is 3.99. The Labute approximate surface area is 183 Å². The van der Waals surface area contributed by atoms with Crippen LogP contribution in [-0.4, -0.2) is 29.8 Å². The van der Waals surface area contributed by atoms with E-state index >= 15 is 0 Å². The lowest BCUT2D eigenvalue weighted by molar-refractivity contribution is 0.455. The van der Waals surface area contributed by atoms with Crippen molar-refractivity contribution in [2.75, 3.05) is 5.73 Å². The fraction of sp³-hybridized carbons (Fsp3) is 0.273. The maximum absolute atomic E-state index is 14.6. The van der Waals surface area contributed by atoms with E-state index in [-0.39, 0.29) is 16.6 Å². The van der Waals surface area contributed by atoms with Gasteiger partial charge in [-0.05, 0) is 30.5 Å². The predicted molar refractivity (Wildman–Crippen MR) is 117 cm³/mol. The van der Waals surface area contributed by atoms with Gasteiger partial charge in [-0.2, -0.15) is 5.10 Å². The molecule has 0 radical (unpaired) electrons. The maximum atomic E-state index is 14.6. The van der Waals surface area contributed by atoms with Crippen molar-refractivity contribution in [3.8, 4) is 22.4 Å². The second-order valence-corrected chi connectivity index (χ2v) is 8.35. The minimum atomic E-state index is -0.535. The summed E-state index contributed by atoms with van der Waals surface area (Å²) in [6.07, 6.45) is 10.6. The van der Waals surface area contributed by atoms with Crippen molar-refractivity contribution >= 4 is 17.3 Å². The summed E-state index contributed by atoms with van der Waals surface area (Å²) in [5.74, 6) is 0.130. The summed E-state index contributed by atoms with van der Waals surface area (Å²) in [4.78, 5) is 4.66. The van der Waals surface area contributed by atoms with Gasteiger partial charge in [0.15, 0.2) is 5.82 Å². The average molecular weight is 438 g/mol. The Balaban J connectivity index is 1.48. The summed E-state index contributed by atoms with van der Waals surface area (Å²) < 4.78 is 18.2. The molecule has 0 bridgehead atoms. The first-order chi connectivity index (χ1) is 15.0. The van der Waals surface area contributed by atoms with Crippen molar-refractivity contribution in [1.29, 1.82) is 0 Å². The molecule has 31 heavy (non-hydrogen) atoms. The van der Waals surface area contributed by atoms with Crippen LogP contribution >= 0.6 is 11.6 Å². The zero-order chi connectivity index (χ0) is 21.5. The maximum Gasteiger partial charge on any atom is 0.151 e. The number of nitrogen functional groups attached to an aromatic ring is 1. The minimum Gasteiger partial charge on any atom is -0.398 e. The fourth-order valence-electron chi connectivity index (χ4n) is 3.83. The van der Waals surface area contributed by atoms with Crippen LogP contribution in [0.25, 0.3) is 22.4 Å². The molecule has 3 heterocycles. The lowest BCUT2D eigenvalue weighted by Crippen LogP contribution is -2.13. The van der Waals surface area contributed by atoms with Gasteiger partial charge in [-0.25, -0.2) is 9.07 Å². The number of nitrogens with zero attached hydrogens (tertiary/aromatic N) is 6. The van der Waals surface area contributed by atoms with Gasteiger partial charge in [-0.3, -0.25) is 9.67 Å². The van der Waals surface area contributed by atoms with Crippen molar-refractivity contribution in [2.45, 2.75) is 25.3 Å². The smallest absolute Gasteiger partial charge is 0.151 e. The van der Waals surface area contributed by atoms with Gasteiger partial charge in [0.05, 0.1) is 34.8 Å². The number of aromatic nitrogens is 6. The molecule has 0 saturated heterocycles. The predicted octanol–water partition coefficient (Wildman–Crippen LogP) is 4.50. The average Bonchev–Trinajstić information content (AvgIpc) is 3.28. The second kappa shape index (κ2) is 7.77. The Kier molecular flexibility index (Phi) is 4.94. The molecule has 1 fully saturated rings. The van der Waals surface area contributed by atoms with Crippen LogP contribution in [0.15, 0.2) is 49.1 Å². The molecular weight excluding hydrogens is 417 g/mol. The normalized spacial score (nSPS) is 14.7. The van der Waals surface area contributed by atoms with E-state index in [1.807, 2.05) is 36.3 Å². The molecule has 1 aliphatic carbocycles. The molecule has 1 unspecified atom stereocenters. The number of rotatable bonds is 6. The van der Waals surface area contributed by atoms with Gasteiger partial charge in [0.2, 0.25) is 0 Å². The number of halogens is 2. The topological polar surface area (TPSA) is 87.4 Å². The number of hydrogen-bond donors (Lipinski definition) is 1. The van der Waals surface area contributed by atoms with Gasteiger partial charge in [0, 0.05) is 41.8 Å². The lowest BCUT2D eigenvalue weighted by Gasteiger charge is -2.18. The number of pyridine rings is 1. The summed E-state index contributed by atoms with van der Waals surface area (Å²) in [5.41, 5.74) is 9.89. The third-order valence-corrected chi connectivity index (χ3v) is 6.02. The largest absolute Gasteiger partial charge is 0.398 e. The summed E-state index contributed by atoms with van der Waals surface area (Å²) in [7, 11) is 1.85. The zero-order valence-electron chi connectivity index (χ0n) is 16.9. The van der Waals surface area contributed by atoms with E-state index in [2.05, 4.69) is 20.4 Å². The van der Waals surface area contributed by atoms with Gasteiger partial charge >= 0.3 is 0 Å². The Morgan fingerprint density at radius 2 is 2.00 bits per heavy atom. The molecule has 3 aromatic heterocycles. The van der Waals surface area contributed by atoms with Crippen molar-refractivity contribution in [1.82, 2.24) is 29.8 Å². The molecule has 4 aromatic rings. The molecule has 7 nitrogen and oxygen atoms in total. The van der Waals surface area contributed by atoms with E-state index in [1.165, 1.54) is 18.9 Å². The van der Waals surface area contributed by atoms with E-state index in [1.54, 1.807) is 23.1 Å². The SMILES string of the molecule is Cn1nncc1-c1cnn(C(CC2CC2)c2ccc(-c3c(N)ccc(Cl)c3F)cn2)c1. The van der Waals surface area contributed by atoms with Gasteiger partial charge in [0.25, 0.3) is 0 Å². The molecule has 9 heteroatoms. The molecule has 2 N–H and O–H groups in total. The Bertz CT molecular complexity index is 1230. The quantitative estimate of drug-likeness (QED) is 0.448. The Morgan fingerprint density at radius 1 is 1.16 bits per heavy atom. The molecule has 5 rings (SSSR count). The van der Waals surface area contributed by atoms with Crippen LogP contribution in [0.1, 0.15) is 31.0 Å². The third-order valence-electron chi connectivity index (χ3n) is 5.73. The molecule has 0 amide bonds. The summed E-state index contributed by atoms with van der Waals surface area (Å²) in [6, 6.07) is 6.79. The first-order valence-electron chi connectivity index (χ1n) is 10.1. The Morgan fingerprint density at radius 3 is 2.68 bits per heavy atom. The van der Waals surface area contributed by atoms with Gasteiger partial charge < -0.3 is 5.73 Å². The molecule has 158 valence electrons. The second-order valence-electron chi connectivity index (χ2n) is 7.94. The highest BCUT2D eigenvalue weighted by atomic mass is 35.5. The van der Waals surface area contributed by atoms with E-state index in [0.717, 1.165) is 23.4 Å². The highest BCUT2D eigenvalue weighted by Gasteiger charge is 2.29. The third kappa shape index (κ3) is 3.79. The van der Waals surface area contributed by atoms with E-state index in [9.17, 15) is 4.39 Å². The van der Waals surface area contributed by atoms with E-state index in [0.29, 0.717) is 17.2 Å². The van der Waals surface area contributed by atoms with Crippen LogP contribution in [0.4, 0.5) is 10.1 Å². The van der Waals surface area contributed by atoms with Gasteiger partial charge in [-0.1, -0.05) is 35.7 Å². The zero-order valence-corrected chi connectivity index (χ0v) is 17.7. The molecule has 0 spiro atoms. The minimum absolute atomic E-state index is 0.0157. The number of hydrogen-bond acceptors (Lipinski definition) is 5. The summed E-state index contributed by atoms with van der Waals surface area (Å²) in [5, 5.41) is 12.6. The monoisotopic (exact) mass is 437 g/mol. The standard InChI is InChI=1S/C22H21ClFN7/c1-30-20(11-27-29-30)15-10-28-31(12-15)19(8-13-2-3-13)18-7-4-14(9-26-18)21-17(25)6-5-16(23)22(21)24/h4-7,9-13,19H,2-3,8,25H2,1H3. The number of anilines is 1. The van der Waals surface area contributed by atoms with Crippen molar-refractivity contribution in [3.63, 3.8) is 0 Å². The molecule has 1 aromatic carbocycles. The highest BCUT2D eigenvalue weighted by Crippen LogP contribution is 2.39. The van der Waals surface area contributed by atoms with Gasteiger partial charge in [-0.15, -0.1) is 5.10 Å². The van der Waals surface area contributed by atoms with E-state index < -0.39 is 5.82 Å². The number of aryl methyl sites for hydroxylation is 1. The molecule has 0 aliphatic heterocycles.